The molecule has 1 atom stereocenters. The highest BCUT2D eigenvalue weighted by Crippen LogP contribution is 2.34. The highest BCUT2D eigenvalue weighted by atomic mass is 35.5. The fourth-order valence-corrected chi connectivity index (χ4v) is 5.04. The summed E-state index contributed by atoms with van der Waals surface area (Å²) in [4.78, 5) is 28.5. The summed E-state index contributed by atoms with van der Waals surface area (Å²) in [7, 11) is 0. The van der Waals surface area contributed by atoms with Gasteiger partial charge in [0.25, 0.3) is 5.91 Å². The number of fused-ring (bicyclic) bond motifs is 3. The number of carbonyl (C=O) groups is 1. The van der Waals surface area contributed by atoms with Crippen molar-refractivity contribution >= 4 is 34.9 Å². The van der Waals surface area contributed by atoms with Crippen LogP contribution in [0, 0.1) is 0 Å². The van der Waals surface area contributed by atoms with Crippen molar-refractivity contribution in [2.24, 2.45) is 10.7 Å². The molecule has 38 heavy (non-hydrogen) atoms. The zero-order chi connectivity index (χ0) is 26.2. The predicted molar refractivity (Wildman–Crippen MR) is 146 cm³/mol. The molecule has 0 spiro atoms. The van der Waals surface area contributed by atoms with Crippen molar-refractivity contribution < 1.29 is 9.18 Å². The maximum absolute atomic E-state index is 14.7. The Kier molecular flexibility index (Phi) is 6.39. The van der Waals surface area contributed by atoms with Gasteiger partial charge in [-0.2, -0.15) is 0 Å². The van der Waals surface area contributed by atoms with Crippen molar-refractivity contribution in [3.8, 4) is 11.3 Å². The Morgan fingerprint density at radius 1 is 1.18 bits per heavy atom. The monoisotopic (exact) mass is 529 g/mol. The Labute approximate surface area is 224 Å². The van der Waals surface area contributed by atoms with Gasteiger partial charge in [0.2, 0.25) is 5.95 Å². The summed E-state index contributed by atoms with van der Waals surface area (Å²) in [5.41, 5.74) is 11.1. The van der Waals surface area contributed by atoms with Crippen molar-refractivity contribution in [3.63, 3.8) is 0 Å². The molecule has 6 rings (SSSR count). The summed E-state index contributed by atoms with van der Waals surface area (Å²) in [6, 6.07) is 12.7. The van der Waals surface area contributed by atoms with E-state index in [1.54, 1.807) is 41.4 Å². The highest BCUT2D eigenvalue weighted by Gasteiger charge is 2.26. The van der Waals surface area contributed by atoms with Gasteiger partial charge in [-0.1, -0.05) is 23.7 Å². The number of anilines is 2. The Bertz CT molecular complexity index is 1520. The smallest absolute Gasteiger partial charge is 0.253 e. The van der Waals surface area contributed by atoms with Crippen LogP contribution in [-0.4, -0.2) is 52.2 Å². The number of rotatable bonds is 4. The number of nitrogens with zero attached hydrogens (tertiary/aromatic N) is 4. The lowest BCUT2D eigenvalue weighted by molar-refractivity contribution is 0.0791. The summed E-state index contributed by atoms with van der Waals surface area (Å²) in [6.07, 6.45) is 5.71. The number of amides is 1. The maximum Gasteiger partial charge on any atom is 0.253 e. The first-order chi connectivity index (χ1) is 18.5. The second-order valence-electron chi connectivity index (χ2n) is 9.43. The molecule has 1 aromatic heterocycles. The molecule has 0 saturated carbocycles. The quantitative estimate of drug-likeness (QED) is 0.463. The zero-order valence-corrected chi connectivity index (χ0v) is 21.2. The molecule has 2 aromatic carbocycles. The lowest BCUT2D eigenvalue weighted by atomic mass is 9.97. The number of benzene rings is 2. The van der Waals surface area contributed by atoms with E-state index in [-0.39, 0.29) is 24.3 Å². The van der Waals surface area contributed by atoms with E-state index < -0.39 is 0 Å². The second kappa shape index (κ2) is 10.00. The van der Waals surface area contributed by atoms with Crippen LogP contribution in [0.4, 0.5) is 16.0 Å². The number of aromatic nitrogens is 2. The molecule has 3 aromatic rings. The van der Waals surface area contributed by atoms with Crippen molar-refractivity contribution in [2.45, 2.75) is 19.0 Å². The topological polar surface area (TPSA) is 109 Å². The number of hydrogen-bond donors (Lipinski definition) is 3. The first kappa shape index (κ1) is 24.3. The van der Waals surface area contributed by atoms with Crippen LogP contribution < -0.4 is 16.4 Å². The number of hydrogen-bond acceptors (Lipinski definition) is 7. The summed E-state index contributed by atoms with van der Waals surface area (Å²) >= 11 is 6.34. The van der Waals surface area contributed by atoms with E-state index in [1.807, 2.05) is 18.2 Å². The molecule has 4 N–H and O–H groups in total. The van der Waals surface area contributed by atoms with Gasteiger partial charge in [0.15, 0.2) is 0 Å². The number of nitrogens with one attached hydrogen (secondary N) is 2. The molecule has 192 valence electrons. The molecule has 3 aliphatic heterocycles. The predicted octanol–water partition coefficient (Wildman–Crippen LogP) is 4.36. The molecule has 4 heterocycles. The first-order valence-electron chi connectivity index (χ1n) is 12.4. The minimum atomic E-state index is -0.380. The maximum atomic E-state index is 14.7. The normalized spacial score (nSPS) is 18.3. The highest BCUT2D eigenvalue weighted by molar-refractivity contribution is 6.31. The van der Waals surface area contributed by atoms with E-state index in [2.05, 4.69) is 15.6 Å². The summed E-state index contributed by atoms with van der Waals surface area (Å²) in [5.74, 6) is -0.0111. The van der Waals surface area contributed by atoms with E-state index >= 15 is 0 Å². The standard InChI is InChI=1S/C28H25ClFN7O/c29-18-5-8-21-22(12-18)25(26-23(30)2-1-10-32-26)33-13-17-14-34-28(36-24(17)21)35-20-6-3-16(4-7-20)27(38)37-11-9-19(31)15-37/h1-8,12,14,19,32H,9-11,13,15,31H2,(H,34,35,36). The van der Waals surface area contributed by atoms with E-state index in [0.717, 1.165) is 23.2 Å². The van der Waals surface area contributed by atoms with Crippen LogP contribution in [-0.2, 0) is 6.54 Å². The minimum absolute atomic E-state index is 0.0219. The van der Waals surface area contributed by atoms with E-state index in [9.17, 15) is 9.18 Å². The van der Waals surface area contributed by atoms with Gasteiger partial charge in [-0.3, -0.25) is 9.79 Å². The summed E-state index contributed by atoms with van der Waals surface area (Å²) in [6.45, 7) is 2.05. The third-order valence-electron chi connectivity index (χ3n) is 6.80. The van der Waals surface area contributed by atoms with E-state index in [1.165, 1.54) is 6.08 Å². The van der Waals surface area contributed by atoms with Crippen molar-refractivity contribution in [3.05, 3.63) is 94.1 Å². The van der Waals surface area contributed by atoms with Crippen molar-refractivity contribution in [2.75, 3.05) is 25.0 Å². The van der Waals surface area contributed by atoms with Gasteiger partial charge >= 0.3 is 0 Å². The van der Waals surface area contributed by atoms with Crippen LogP contribution in [0.2, 0.25) is 5.02 Å². The number of carbonyl (C=O) groups excluding carboxylic acids is 1. The van der Waals surface area contributed by atoms with Gasteiger partial charge in [0.1, 0.15) is 5.83 Å². The van der Waals surface area contributed by atoms with E-state index in [0.29, 0.717) is 58.8 Å². The second-order valence-corrected chi connectivity index (χ2v) is 9.87. The SMILES string of the molecule is NC1CCN(C(=O)c2ccc(Nc3ncc4c(n3)-c3ccc(Cl)cc3C(C3=C(F)C=CCN3)=NC4)cc2)C1. The Hall–Kier alpha value is -4.08. The van der Waals surface area contributed by atoms with Crippen LogP contribution >= 0.6 is 11.6 Å². The van der Waals surface area contributed by atoms with Crippen LogP contribution in [0.15, 0.2) is 77.3 Å². The van der Waals surface area contributed by atoms with Crippen LogP contribution in [0.1, 0.15) is 27.9 Å². The molecular formula is C28H25ClFN7O. The molecule has 1 saturated heterocycles. The molecule has 8 nitrogen and oxygen atoms in total. The lowest BCUT2D eigenvalue weighted by Gasteiger charge is -2.17. The largest absolute Gasteiger partial charge is 0.377 e. The fraction of sp³-hybridized carbons (Fsp3) is 0.214. The molecule has 0 aliphatic carbocycles. The molecule has 1 amide bonds. The Balaban J connectivity index is 1.29. The van der Waals surface area contributed by atoms with Crippen LogP contribution in [0.5, 0.6) is 0 Å². The minimum Gasteiger partial charge on any atom is -0.377 e. The average Bonchev–Trinajstić information content (AvgIpc) is 3.30. The number of aliphatic imine (C=N–C) groups is 1. The van der Waals surface area contributed by atoms with Crippen molar-refractivity contribution in [1.82, 2.24) is 20.2 Å². The Morgan fingerprint density at radius 2 is 2.03 bits per heavy atom. The van der Waals surface area contributed by atoms with Gasteiger partial charge in [-0.05, 0) is 48.9 Å². The van der Waals surface area contributed by atoms with Crippen molar-refractivity contribution in [1.29, 1.82) is 0 Å². The lowest BCUT2D eigenvalue weighted by Crippen LogP contribution is -2.31. The molecule has 3 aliphatic rings. The first-order valence-corrected chi connectivity index (χ1v) is 12.8. The summed E-state index contributed by atoms with van der Waals surface area (Å²) < 4.78 is 14.7. The molecule has 0 radical (unpaired) electrons. The van der Waals surface area contributed by atoms with Crippen LogP contribution in [0.25, 0.3) is 11.3 Å². The Morgan fingerprint density at radius 3 is 2.79 bits per heavy atom. The van der Waals surface area contributed by atoms with Gasteiger partial charge in [0.05, 0.1) is 23.6 Å². The molecular weight excluding hydrogens is 505 g/mol. The number of allylic oxidation sites excluding steroid dienone is 3. The third-order valence-corrected chi connectivity index (χ3v) is 7.04. The molecule has 1 fully saturated rings. The molecule has 1 unspecified atom stereocenters. The fourth-order valence-electron chi connectivity index (χ4n) is 4.87. The number of halogens is 2. The number of dihydropyridines is 1. The number of nitrogens with two attached hydrogens (primary N) is 1. The van der Waals surface area contributed by atoms with E-state index in [4.69, 9.17) is 27.3 Å². The average molecular weight is 530 g/mol. The zero-order valence-electron chi connectivity index (χ0n) is 20.4. The molecule has 10 heteroatoms. The third kappa shape index (κ3) is 4.66. The summed E-state index contributed by atoms with van der Waals surface area (Å²) in [5, 5.41) is 6.83. The number of likely N-dealkylation sites (tertiary alicyclic amines) is 1. The van der Waals surface area contributed by atoms with Gasteiger partial charge in [-0.15, -0.1) is 0 Å². The van der Waals surface area contributed by atoms with Gasteiger partial charge < -0.3 is 21.3 Å². The van der Waals surface area contributed by atoms with Crippen LogP contribution in [0.3, 0.4) is 0 Å². The van der Waals surface area contributed by atoms with Gasteiger partial charge in [0, 0.05) is 64.8 Å². The molecule has 0 bridgehead atoms. The van der Waals surface area contributed by atoms with Gasteiger partial charge in [-0.25, -0.2) is 14.4 Å².